The minimum atomic E-state index is 0.618. The van der Waals surface area contributed by atoms with Crippen molar-refractivity contribution in [3.8, 4) is 17.2 Å². The van der Waals surface area contributed by atoms with Crippen molar-refractivity contribution in [2.45, 2.75) is 0 Å². The minimum absolute atomic E-state index is 0.618. The zero-order valence-electron chi connectivity index (χ0n) is 13.9. The molecule has 120 valence electrons. The lowest BCUT2D eigenvalue weighted by Gasteiger charge is -2.18. The molecule has 0 heterocycles. The molecule has 0 N–H and O–H groups in total. The average Bonchev–Trinajstić information content (AvgIpc) is 2.66. The summed E-state index contributed by atoms with van der Waals surface area (Å²) >= 11 is 0. The van der Waals surface area contributed by atoms with E-state index >= 15 is 0 Å². The van der Waals surface area contributed by atoms with Crippen LogP contribution >= 0.6 is 0 Å². The van der Waals surface area contributed by atoms with Crippen molar-refractivity contribution in [2.24, 2.45) is 0 Å². The summed E-state index contributed by atoms with van der Waals surface area (Å²) in [7, 11) is 4.95. The van der Waals surface area contributed by atoms with Crippen LogP contribution in [0.1, 0.15) is 0 Å². The normalized spacial score (nSPS) is 11.1. The molecule has 4 aromatic carbocycles. The van der Waals surface area contributed by atoms with Crippen LogP contribution in [0.2, 0.25) is 0 Å². The highest BCUT2D eigenvalue weighted by Crippen LogP contribution is 2.48. The predicted molar refractivity (Wildman–Crippen MR) is 98.6 cm³/mol. The van der Waals surface area contributed by atoms with Gasteiger partial charge in [0, 0.05) is 5.39 Å². The van der Waals surface area contributed by atoms with Crippen molar-refractivity contribution < 1.29 is 14.2 Å². The summed E-state index contributed by atoms with van der Waals surface area (Å²) in [5, 5.41) is 6.87. The molecule has 0 fully saturated rings. The van der Waals surface area contributed by atoms with E-state index in [1.807, 2.05) is 12.1 Å². The summed E-state index contributed by atoms with van der Waals surface area (Å²) in [6.07, 6.45) is 0. The highest BCUT2D eigenvalue weighted by atomic mass is 16.5. The van der Waals surface area contributed by atoms with Crippen LogP contribution in [-0.4, -0.2) is 21.3 Å². The summed E-state index contributed by atoms with van der Waals surface area (Å²) in [4.78, 5) is 0. The van der Waals surface area contributed by atoms with Gasteiger partial charge in [-0.2, -0.15) is 0 Å². The fraction of sp³-hybridized carbons (Fsp3) is 0.143. The van der Waals surface area contributed by atoms with Gasteiger partial charge in [0.1, 0.15) is 0 Å². The molecule has 0 saturated carbocycles. The van der Waals surface area contributed by atoms with Crippen molar-refractivity contribution in [3.63, 3.8) is 0 Å². The standard InChI is InChI=1S/C21H18O3/c1-22-18-12-17-15-10-5-4-8-13(15)14-9-6-7-11-16(14)19(17)21(24-3)20(18)23-2/h4-12H,1-3H3. The molecule has 0 aliphatic rings. The first-order chi connectivity index (χ1) is 11.8. The van der Waals surface area contributed by atoms with Gasteiger partial charge < -0.3 is 14.2 Å². The lowest BCUT2D eigenvalue weighted by Crippen LogP contribution is -1.97. The van der Waals surface area contributed by atoms with Gasteiger partial charge in [0.15, 0.2) is 11.5 Å². The van der Waals surface area contributed by atoms with Gasteiger partial charge in [-0.25, -0.2) is 0 Å². The summed E-state index contributed by atoms with van der Waals surface area (Å²) in [5.74, 6) is 1.99. The van der Waals surface area contributed by atoms with E-state index in [-0.39, 0.29) is 0 Å². The van der Waals surface area contributed by atoms with Crippen LogP contribution < -0.4 is 14.2 Å². The third kappa shape index (κ3) is 1.91. The molecule has 0 bridgehead atoms. The molecule has 0 spiro atoms. The maximum atomic E-state index is 5.74. The number of hydrogen-bond donors (Lipinski definition) is 0. The second-order valence-corrected chi connectivity index (χ2v) is 5.66. The van der Waals surface area contributed by atoms with E-state index in [1.165, 1.54) is 16.2 Å². The Morgan fingerprint density at radius 1 is 0.542 bits per heavy atom. The number of benzene rings is 4. The van der Waals surface area contributed by atoms with Crippen LogP contribution in [0, 0.1) is 0 Å². The topological polar surface area (TPSA) is 27.7 Å². The van der Waals surface area contributed by atoms with Gasteiger partial charge in [0.25, 0.3) is 0 Å². The first-order valence-corrected chi connectivity index (χ1v) is 7.82. The smallest absolute Gasteiger partial charge is 0.203 e. The van der Waals surface area contributed by atoms with Crippen LogP contribution in [0.4, 0.5) is 0 Å². The summed E-state index contributed by atoms with van der Waals surface area (Å²) in [6.45, 7) is 0. The highest BCUT2D eigenvalue weighted by molar-refractivity contribution is 6.27. The van der Waals surface area contributed by atoms with Crippen LogP contribution in [0.25, 0.3) is 32.3 Å². The molecule has 4 rings (SSSR count). The SMILES string of the molecule is COc1cc2c3ccccc3c3ccccc3c2c(OC)c1OC. The third-order valence-electron chi connectivity index (χ3n) is 4.53. The Balaban J connectivity index is 2.38. The summed E-state index contributed by atoms with van der Waals surface area (Å²) in [5.41, 5.74) is 0. The Morgan fingerprint density at radius 2 is 1.04 bits per heavy atom. The van der Waals surface area contributed by atoms with E-state index in [4.69, 9.17) is 14.2 Å². The molecule has 0 unspecified atom stereocenters. The quantitative estimate of drug-likeness (QED) is 0.488. The Hall–Kier alpha value is -2.94. The molecule has 0 aromatic heterocycles. The highest BCUT2D eigenvalue weighted by Gasteiger charge is 2.20. The van der Waals surface area contributed by atoms with Crippen LogP contribution in [0.3, 0.4) is 0 Å². The predicted octanol–water partition coefficient (Wildman–Crippen LogP) is 5.17. The average molecular weight is 318 g/mol. The van der Waals surface area contributed by atoms with Crippen LogP contribution in [-0.2, 0) is 0 Å². The molecule has 3 heteroatoms. The van der Waals surface area contributed by atoms with Crippen molar-refractivity contribution >= 4 is 32.3 Å². The lowest BCUT2D eigenvalue weighted by atomic mass is 9.93. The van der Waals surface area contributed by atoms with E-state index in [9.17, 15) is 0 Å². The molecule has 3 nitrogen and oxygen atoms in total. The van der Waals surface area contributed by atoms with Gasteiger partial charge in [-0.1, -0.05) is 48.5 Å². The van der Waals surface area contributed by atoms with Gasteiger partial charge in [0.2, 0.25) is 5.75 Å². The van der Waals surface area contributed by atoms with Crippen LogP contribution in [0.15, 0.2) is 54.6 Å². The van der Waals surface area contributed by atoms with Crippen molar-refractivity contribution in [1.29, 1.82) is 0 Å². The van der Waals surface area contributed by atoms with E-state index in [0.717, 1.165) is 16.2 Å². The van der Waals surface area contributed by atoms with Crippen molar-refractivity contribution in [2.75, 3.05) is 21.3 Å². The van der Waals surface area contributed by atoms with Gasteiger partial charge in [-0.05, 0) is 33.0 Å². The molecule has 4 aromatic rings. The minimum Gasteiger partial charge on any atom is -0.493 e. The molecular weight excluding hydrogens is 300 g/mol. The second kappa shape index (κ2) is 5.60. The number of fused-ring (bicyclic) bond motifs is 6. The second-order valence-electron chi connectivity index (χ2n) is 5.66. The molecule has 0 radical (unpaired) electrons. The first kappa shape index (κ1) is 14.6. The van der Waals surface area contributed by atoms with Gasteiger partial charge in [-0.15, -0.1) is 0 Å². The maximum Gasteiger partial charge on any atom is 0.203 e. The van der Waals surface area contributed by atoms with Gasteiger partial charge in [0.05, 0.1) is 21.3 Å². The Kier molecular flexibility index (Phi) is 3.42. The van der Waals surface area contributed by atoms with E-state index in [0.29, 0.717) is 17.2 Å². The third-order valence-corrected chi connectivity index (χ3v) is 4.53. The number of hydrogen-bond acceptors (Lipinski definition) is 3. The Bertz CT molecular complexity index is 1070. The molecule has 0 aliphatic heterocycles. The largest absolute Gasteiger partial charge is 0.493 e. The number of ether oxygens (including phenoxy) is 3. The van der Waals surface area contributed by atoms with Gasteiger partial charge >= 0.3 is 0 Å². The number of methoxy groups -OCH3 is 3. The van der Waals surface area contributed by atoms with Crippen molar-refractivity contribution in [1.82, 2.24) is 0 Å². The summed E-state index contributed by atoms with van der Waals surface area (Å²) < 4.78 is 16.9. The summed E-state index contributed by atoms with van der Waals surface area (Å²) in [6, 6.07) is 18.8. The molecule has 0 saturated heterocycles. The van der Waals surface area contributed by atoms with Gasteiger partial charge in [-0.3, -0.25) is 0 Å². The zero-order chi connectivity index (χ0) is 16.7. The lowest BCUT2D eigenvalue weighted by molar-refractivity contribution is 0.327. The monoisotopic (exact) mass is 318 g/mol. The fourth-order valence-corrected chi connectivity index (χ4v) is 3.52. The zero-order valence-corrected chi connectivity index (χ0v) is 13.9. The molecular formula is C21H18O3. The Labute approximate surface area is 140 Å². The maximum absolute atomic E-state index is 5.74. The van der Waals surface area contributed by atoms with Crippen molar-refractivity contribution in [3.05, 3.63) is 54.6 Å². The first-order valence-electron chi connectivity index (χ1n) is 7.82. The Morgan fingerprint density at radius 3 is 1.58 bits per heavy atom. The molecule has 0 aliphatic carbocycles. The van der Waals surface area contributed by atoms with Crippen LogP contribution in [0.5, 0.6) is 17.2 Å². The molecule has 0 amide bonds. The number of rotatable bonds is 3. The van der Waals surface area contributed by atoms with E-state index < -0.39 is 0 Å². The van der Waals surface area contributed by atoms with E-state index in [2.05, 4.69) is 42.5 Å². The molecule has 0 atom stereocenters. The molecule has 24 heavy (non-hydrogen) atoms. The fourth-order valence-electron chi connectivity index (χ4n) is 3.52. The van der Waals surface area contributed by atoms with E-state index in [1.54, 1.807) is 21.3 Å².